The molecule has 2 aromatic carbocycles. The van der Waals surface area contributed by atoms with Gasteiger partial charge in [-0.1, -0.05) is 72.9 Å². The van der Waals surface area contributed by atoms with E-state index in [0.29, 0.717) is 59.8 Å². The van der Waals surface area contributed by atoms with Crippen molar-refractivity contribution >= 4 is 38.0 Å². The van der Waals surface area contributed by atoms with Gasteiger partial charge >= 0.3 is 12.1 Å². The first kappa shape index (κ1) is 51.9. The Balaban J connectivity index is 2.21. The first-order chi connectivity index (χ1) is 29.0. The van der Waals surface area contributed by atoms with E-state index in [-0.39, 0.29) is 42.7 Å². The quantitative estimate of drug-likeness (QED) is 0.0841. The van der Waals surface area contributed by atoms with Crippen LogP contribution in [0.3, 0.4) is 0 Å². The summed E-state index contributed by atoms with van der Waals surface area (Å²) in [5.74, 6) is -1.86. The van der Waals surface area contributed by atoms with Crippen LogP contribution in [0.25, 0.3) is 11.1 Å². The minimum Gasteiger partial charge on any atom is -0.493 e. The van der Waals surface area contributed by atoms with E-state index in [0.717, 1.165) is 25.7 Å². The van der Waals surface area contributed by atoms with Gasteiger partial charge in [0.2, 0.25) is 11.8 Å². The Hall–Kier alpha value is -4.43. The standard InChI is InChI=1S/C48H75N3O10Si/c1-14-16-17-18-34(23-26-60-62(12,13)48(7,8)9)44(54)51(10)42-35-20-22-41(58-25-15-2)37(31-35)36-29-33(19-21-40(36)59-27-24-49-46(56)61-47(4,5)6)30-38(45(55)57-11)50-43(53)32(3)28-39(42)52/h19-22,29,31-32,34,38,42H,14-18,23-28,30H2,1-13H3,(H,49,56)(H,50,53)/t32-,34+,38+,42+/m1/s1. The number of esters is 1. The molecule has 0 aliphatic carbocycles. The zero-order valence-electron chi connectivity index (χ0n) is 39.8. The van der Waals surface area contributed by atoms with Gasteiger partial charge in [0, 0.05) is 49.5 Å². The number of carbonyl (C=O) groups is 5. The molecule has 2 aromatic rings. The van der Waals surface area contributed by atoms with Gasteiger partial charge in [-0.15, -0.1) is 0 Å². The predicted molar refractivity (Wildman–Crippen MR) is 245 cm³/mol. The number of hydrogen-bond donors (Lipinski definition) is 2. The lowest BCUT2D eigenvalue weighted by atomic mass is 9.88. The van der Waals surface area contributed by atoms with Crippen LogP contribution in [-0.4, -0.2) is 95.0 Å². The molecule has 14 heteroatoms. The average molecular weight is 882 g/mol. The Kier molecular flexibility index (Phi) is 19.5. The van der Waals surface area contributed by atoms with Gasteiger partial charge in [-0.2, -0.15) is 0 Å². The van der Waals surface area contributed by atoms with Crippen molar-refractivity contribution in [3.63, 3.8) is 0 Å². The molecule has 0 aromatic heterocycles. The normalized spacial score (nSPS) is 17.9. The SMILES string of the molecule is CCCCC[C@@H](CCO[Si](C)(C)C(C)(C)C)C(=O)N(C)[C@@H]1C(=O)C[C@@H](C)C(=O)N[C@H](C(=O)OC)Cc2ccc(OCCNC(=O)OC(C)(C)C)c(c2)-c2cc1ccc2OCCC. The van der Waals surface area contributed by atoms with Crippen LogP contribution in [-0.2, 0) is 39.5 Å². The van der Waals surface area contributed by atoms with Crippen LogP contribution in [0.1, 0.15) is 124 Å². The van der Waals surface area contributed by atoms with Crippen molar-refractivity contribution in [1.82, 2.24) is 15.5 Å². The van der Waals surface area contributed by atoms with Crippen LogP contribution in [0.15, 0.2) is 36.4 Å². The van der Waals surface area contributed by atoms with Crippen molar-refractivity contribution < 1.29 is 47.3 Å². The fourth-order valence-electron chi connectivity index (χ4n) is 7.07. The van der Waals surface area contributed by atoms with Crippen LogP contribution in [0.4, 0.5) is 4.79 Å². The van der Waals surface area contributed by atoms with Gasteiger partial charge in [0.05, 0.1) is 20.3 Å². The maximum absolute atomic E-state index is 14.8. The third-order valence-corrected chi connectivity index (χ3v) is 16.2. The number of hydrogen-bond acceptors (Lipinski definition) is 10. The zero-order chi connectivity index (χ0) is 46.4. The number of methoxy groups -OCH3 is 1. The van der Waals surface area contributed by atoms with Crippen LogP contribution >= 0.6 is 0 Å². The lowest BCUT2D eigenvalue weighted by molar-refractivity contribution is -0.146. The van der Waals surface area contributed by atoms with Crippen molar-refractivity contribution in [1.29, 1.82) is 0 Å². The summed E-state index contributed by atoms with van der Waals surface area (Å²) in [6.45, 7) is 23.2. The molecule has 13 nitrogen and oxygen atoms in total. The molecule has 0 saturated carbocycles. The van der Waals surface area contributed by atoms with Gasteiger partial charge < -0.3 is 38.9 Å². The average Bonchev–Trinajstić information content (AvgIpc) is 3.19. The summed E-state index contributed by atoms with van der Waals surface area (Å²) in [6.07, 6.45) is 4.06. The molecule has 3 rings (SSSR count). The molecule has 3 amide bonds. The molecule has 4 bridgehead atoms. The first-order valence-electron chi connectivity index (χ1n) is 22.3. The molecule has 2 N–H and O–H groups in total. The van der Waals surface area contributed by atoms with Crippen molar-refractivity contribution in [2.24, 2.45) is 11.8 Å². The fraction of sp³-hybridized carbons (Fsp3) is 0.646. The summed E-state index contributed by atoms with van der Waals surface area (Å²) in [7, 11) is 0.842. The lowest BCUT2D eigenvalue weighted by Crippen LogP contribution is -2.46. The third-order valence-electron chi connectivity index (χ3n) is 11.6. The predicted octanol–water partition coefficient (Wildman–Crippen LogP) is 8.96. The van der Waals surface area contributed by atoms with Gasteiger partial charge in [-0.25, -0.2) is 9.59 Å². The maximum Gasteiger partial charge on any atom is 0.407 e. The number of Topliss-reactive ketones (excluding diaryl/α,β-unsaturated/α-hetero) is 1. The highest BCUT2D eigenvalue weighted by atomic mass is 28.4. The van der Waals surface area contributed by atoms with E-state index in [9.17, 15) is 24.0 Å². The second-order valence-corrected chi connectivity index (χ2v) is 23.8. The van der Waals surface area contributed by atoms with Gasteiger partial charge in [0.1, 0.15) is 35.8 Å². The van der Waals surface area contributed by atoms with Gasteiger partial charge in [-0.05, 0) is 93.6 Å². The number of benzene rings is 2. The van der Waals surface area contributed by atoms with Crippen molar-refractivity contribution in [3.8, 4) is 22.6 Å². The van der Waals surface area contributed by atoms with Gasteiger partial charge in [0.15, 0.2) is 14.1 Å². The zero-order valence-corrected chi connectivity index (χ0v) is 40.8. The number of alkyl carbamates (subject to hydrolysis) is 1. The molecule has 0 unspecified atom stereocenters. The number of ether oxygens (including phenoxy) is 4. The molecule has 0 fully saturated rings. The van der Waals surface area contributed by atoms with E-state index in [2.05, 4.69) is 51.4 Å². The molecular formula is C48H75N3O10Si. The van der Waals surface area contributed by atoms with E-state index in [1.54, 1.807) is 51.8 Å². The molecule has 1 heterocycles. The summed E-state index contributed by atoms with van der Waals surface area (Å²) in [6, 6.07) is 8.82. The molecule has 0 radical (unpaired) electrons. The highest BCUT2D eigenvalue weighted by molar-refractivity contribution is 6.74. The van der Waals surface area contributed by atoms with Gasteiger partial charge in [0.25, 0.3) is 0 Å². The lowest BCUT2D eigenvalue weighted by Gasteiger charge is -2.37. The number of nitrogens with one attached hydrogen (secondary N) is 2. The summed E-state index contributed by atoms with van der Waals surface area (Å²) in [5, 5.41) is 5.55. The molecule has 1 aliphatic rings. The van der Waals surface area contributed by atoms with Crippen LogP contribution in [0.2, 0.25) is 18.1 Å². The highest BCUT2D eigenvalue weighted by Gasteiger charge is 2.39. The van der Waals surface area contributed by atoms with Crippen molar-refractivity contribution in [2.75, 3.05) is 40.5 Å². The Bertz CT molecular complexity index is 1840. The van der Waals surface area contributed by atoms with E-state index in [4.69, 9.17) is 23.4 Å². The Morgan fingerprint density at radius 1 is 0.871 bits per heavy atom. The van der Waals surface area contributed by atoms with Crippen molar-refractivity contribution in [3.05, 3.63) is 47.5 Å². The molecule has 1 aliphatic heterocycles. The summed E-state index contributed by atoms with van der Waals surface area (Å²) >= 11 is 0. The maximum atomic E-state index is 14.8. The Morgan fingerprint density at radius 2 is 1.52 bits per heavy atom. The second-order valence-electron chi connectivity index (χ2n) is 19.0. The van der Waals surface area contributed by atoms with Crippen LogP contribution in [0, 0.1) is 11.8 Å². The van der Waals surface area contributed by atoms with E-state index < -0.39 is 55.8 Å². The first-order valence-corrected chi connectivity index (χ1v) is 25.3. The summed E-state index contributed by atoms with van der Waals surface area (Å²) in [4.78, 5) is 70.3. The largest absolute Gasteiger partial charge is 0.493 e. The topological polar surface area (TPSA) is 159 Å². The molecule has 346 valence electrons. The number of likely N-dealkylation sites (N-methyl/N-ethyl adjacent to an activating group) is 1. The number of carbonyl (C=O) groups excluding carboxylic acids is 5. The fourth-order valence-corrected chi connectivity index (χ4v) is 8.13. The van der Waals surface area contributed by atoms with E-state index in [1.165, 1.54) is 7.11 Å². The van der Waals surface area contributed by atoms with Gasteiger partial charge in [-0.3, -0.25) is 14.4 Å². The number of unbranched alkanes of at least 4 members (excludes halogenated alkanes) is 2. The number of fused-ring (bicyclic) bond motifs is 5. The molecule has 4 atom stereocenters. The van der Waals surface area contributed by atoms with E-state index in [1.807, 2.05) is 31.2 Å². The Labute approximate surface area is 371 Å². The summed E-state index contributed by atoms with van der Waals surface area (Å²) in [5.41, 5.74) is 1.78. The minimum absolute atomic E-state index is 0.00939. The monoisotopic (exact) mass is 882 g/mol. The smallest absolute Gasteiger partial charge is 0.407 e. The number of ketones is 1. The second kappa shape index (κ2) is 23.3. The highest BCUT2D eigenvalue weighted by Crippen LogP contribution is 2.41. The number of amides is 3. The third kappa shape index (κ3) is 15.1. The molecular weight excluding hydrogens is 807 g/mol. The van der Waals surface area contributed by atoms with Crippen molar-refractivity contribution in [2.45, 2.75) is 149 Å². The van der Waals surface area contributed by atoms with Crippen LogP contribution in [0.5, 0.6) is 11.5 Å². The minimum atomic E-state index is -2.09. The number of nitrogens with zero attached hydrogens (tertiary/aromatic N) is 1. The van der Waals surface area contributed by atoms with E-state index >= 15 is 0 Å². The Morgan fingerprint density at radius 3 is 2.13 bits per heavy atom. The van der Waals surface area contributed by atoms with Crippen LogP contribution < -0.4 is 20.1 Å². The molecule has 0 spiro atoms. The molecule has 0 saturated heterocycles. The summed E-state index contributed by atoms with van der Waals surface area (Å²) < 4.78 is 29.7. The molecule has 62 heavy (non-hydrogen) atoms. The number of rotatable bonds is 18.